The van der Waals surface area contributed by atoms with Gasteiger partial charge in [0.1, 0.15) is 0 Å². The van der Waals surface area contributed by atoms with Crippen LogP contribution in [-0.2, 0) is 4.74 Å². The van der Waals surface area contributed by atoms with Crippen molar-refractivity contribution in [3.05, 3.63) is 0 Å². The summed E-state index contributed by atoms with van der Waals surface area (Å²) >= 11 is 2.11. The van der Waals surface area contributed by atoms with Crippen LogP contribution in [-0.4, -0.2) is 85.3 Å². The monoisotopic (exact) mass is 482 g/mol. The average molecular weight is 482 g/mol. The standard InChI is InChI=1S/C18H34N4OS.HI/c1-3-16-14-21(10-13-24-16)17(19-2)20-15-18(6-11-23-12-7-18)22-8-4-5-9-22;/h16H,3-15H2,1-2H3,(H,19,20);1H. The number of guanidine groups is 1. The SMILES string of the molecule is CCC1CN(C(=NC)NCC2(N3CCCC3)CCOCC2)CCS1.I. The Morgan fingerprint density at radius 1 is 1.24 bits per heavy atom. The van der Waals surface area contributed by atoms with E-state index in [2.05, 4.69) is 38.8 Å². The molecule has 1 unspecified atom stereocenters. The second-order valence-corrected chi connectivity index (χ2v) is 8.69. The molecule has 3 saturated heterocycles. The van der Waals surface area contributed by atoms with Gasteiger partial charge in [0.2, 0.25) is 0 Å². The number of likely N-dealkylation sites (tertiary alicyclic amines) is 1. The number of ether oxygens (including phenoxy) is 1. The Bertz CT molecular complexity index is 425. The zero-order valence-corrected chi connectivity index (χ0v) is 19.0. The summed E-state index contributed by atoms with van der Waals surface area (Å²) in [6.07, 6.45) is 6.22. The van der Waals surface area contributed by atoms with Gasteiger partial charge in [0.05, 0.1) is 0 Å². The van der Waals surface area contributed by atoms with E-state index in [-0.39, 0.29) is 29.5 Å². The first-order valence-corrected chi connectivity index (χ1v) is 10.7. The van der Waals surface area contributed by atoms with Gasteiger partial charge < -0.3 is 15.0 Å². The van der Waals surface area contributed by atoms with Crippen molar-refractivity contribution in [2.45, 2.75) is 49.8 Å². The Balaban J connectivity index is 0.00000225. The molecule has 5 nitrogen and oxygen atoms in total. The molecular weight excluding hydrogens is 447 g/mol. The summed E-state index contributed by atoms with van der Waals surface area (Å²) in [6, 6.07) is 0. The number of hydrogen-bond acceptors (Lipinski definition) is 4. The highest BCUT2D eigenvalue weighted by Crippen LogP contribution is 2.31. The summed E-state index contributed by atoms with van der Waals surface area (Å²) in [7, 11) is 1.93. The van der Waals surface area contributed by atoms with Crippen molar-refractivity contribution in [2.75, 3.05) is 58.7 Å². The maximum absolute atomic E-state index is 5.66. The number of aliphatic imine (C=N–C) groups is 1. The topological polar surface area (TPSA) is 40.1 Å². The zero-order valence-electron chi connectivity index (χ0n) is 15.8. The molecule has 0 aromatic carbocycles. The van der Waals surface area contributed by atoms with E-state index >= 15 is 0 Å². The first-order chi connectivity index (χ1) is 11.8. The molecule has 1 atom stereocenters. The van der Waals surface area contributed by atoms with Crippen LogP contribution in [0.1, 0.15) is 39.0 Å². The maximum atomic E-state index is 5.66. The van der Waals surface area contributed by atoms with Crippen LogP contribution >= 0.6 is 35.7 Å². The van der Waals surface area contributed by atoms with Gasteiger partial charge in [-0.3, -0.25) is 9.89 Å². The van der Waals surface area contributed by atoms with E-state index in [1.54, 1.807) is 0 Å². The van der Waals surface area contributed by atoms with E-state index in [9.17, 15) is 0 Å². The summed E-state index contributed by atoms with van der Waals surface area (Å²) in [6.45, 7) is 9.83. The van der Waals surface area contributed by atoms with Crippen LogP contribution in [0.5, 0.6) is 0 Å². The number of nitrogens with zero attached hydrogens (tertiary/aromatic N) is 3. The molecule has 0 radical (unpaired) electrons. The van der Waals surface area contributed by atoms with Gasteiger partial charge in [-0.1, -0.05) is 6.92 Å². The van der Waals surface area contributed by atoms with Crippen molar-refractivity contribution in [3.63, 3.8) is 0 Å². The van der Waals surface area contributed by atoms with Crippen molar-refractivity contribution in [1.29, 1.82) is 0 Å². The van der Waals surface area contributed by atoms with Crippen LogP contribution in [0.15, 0.2) is 4.99 Å². The van der Waals surface area contributed by atoms with Crippen molar-refractivity contribution in [1.82, 2.24) is 15.1 Å². The summed E-state index contributed by atoms with van der Waals surface area (Å²) in [5, 5.41) is 4.48. The second kappa shape index (κ2) is 10.6. The third-order valence-corrected chi connectivity index (χ3v) is 7.25. The molecule has 1 N–H and O–H groups in total. The summed E-state index contributed by atoms with van der Waals surface area (Å²) in [4.78, 5) is 9.77. The van der Waals surface area contributed by atoms with Gasteiger partial charge in [-0.15, -0.1) is 24.0 Å². The van der Waals surface area contributed by atoms with Crippen LogP contribution in [0.3, 0.4) is 0 Å². The Kier molecular flexibility index (Phi) is 9.11. The molecule has 3 rings (SSSR count). The Morgan fingerprint density at radius 2 is 1.96 bits per heavy atom. The molecule has 0 aromatic heterocycles. The number of hydrogen-bond donors (Lipinski definition) is 1. The van der Waals surface area contributed by atoms with Gasteiger partial charge in [0.15, 0.2) is 5.96 Å². The molecule has 7 heteroatoms. The molecule has 0 bridgehead atoms. The number of nitrogens with one attached hydrogen (secondary N) is 1. The number of halogens is 1. The lowest BCUT2D eigenvalue weighted by molar-refractivity contribution is -0.0166. The fourth-order valence-corrected chi connectivity index (χ4v) is 5.46. The van der Waals surface area contributed by atoms with E-state index in [0.29, 0.717) is 0 Å². The second-order valence-electron chi connectivity index (χ2n) is 7.28. The van der Waals surface area contributed by atoms with Crippen LogP contribution in [0.4, 0.5) is 0 Å². The predicted molar refractivity (Wildman–Crippen MR) is 118 cm³/mol. The van der Waals surface area contributed by atoms with E-state index in [1.807, 2.05) is 7.05 Å². The van der Waals surface area contributed by atoms with Crippen LogP contribution in [0, 0.1) is 0 Å². The maximum Gasteiger partial charge on any atom is 0.193 e. The third-order valence-electron chi connectivity index (χ3n) is 5.88. The molecular formula is C18H35IN4OS. The van der Waals surface area contributed by atoms with Gasteiger partial charge in [-0.2, -0.15) is 11.8 Å². The largest absolute Gasteiger partial charge is 0.381 e. The highest BCUT2D eigenvalue weighted by Gasteiger charge is 2.40. The molecule has 0 spiro atoms. The zero-order chi connectivity index (χ0) is 16.8. The smallest absolute Gasteiger partial charge is 0.193 e. The summed E-state index contributed by atoms with van der Waals surface area (Å²) < 4.78 is 5.66. The normalized spacial score (nSPS) is 27.8. The lowest BCUT2D eigenvalue weighted by atomic mass is 9.88. The molecule has 3 heterocycles. The number of thioether (sulfide) groups is 1. The highest BCUT2D eigenvalue weighted by atomic mass is 127. The van der Waals surface area contributed by atoms with E-state index < -0.39 is 0 Å². The minimum absolute atomic E-state index is 0. The van der Waals surface area contributed by atoms with Gasteiger partial charge >= 0.3 is 0 Å². The fraction of sp³-hybridized carbons (Fsp3) is 0.944. The minimum atomic E-state index is 0. The third kappa shape index (κ3) is 5.39. The first-order valence-electron chi connectivity index (χ1n) is 9.67. The fourth-order valence-electron chi connectivity index (χ4n) is 4.28. The lowest BCUT2D eigenvalue weighted by Gasteiger charge is -2.45. The van der Waals surface area contributed by atoms with Gasteiger partial charge in [-0.05, 0) is 45.2 Å². The minimum Gasteiger partial charge on any atom is -0.381 e. The van der Waals surface area contributed by atoms with Crippen molar-refractivity contribution >= 4 is 41.7 Å². The van der Waals surface area contributed by atoms with Crippen molar-refractivity contribution in [3.8, 4) is 0 Å². The molecule has 0 aromatic rings. The number of rotatable bonds is 4. The molecule has 146 valence electrons. The van der Waals surface area contributed by atoms with Crippen molar-refractivity contribution in [2.24, 2.45) is 4.99 Å². The van der Waals surface area contributed by atoms with Gasteiger partial charge in [-0.25, -0.2) is 0 Å². The summed E-state index contributed by atoms with van der Waals surface area (Å²) in [5.74, 6) is 2.31. The molecule has 0 aliphatic carbocycles. The molecule has 3 aliphatic rings. The molecule has 3 aliphatic heterocycles. The lowest BCUT2D eigenvalue weighted by Crippen LogP contribution is -2.59. The first kappa shape index (κ1) is 21.6. The molecule has 0 amide bonds. The van der Waals surface area contributed by atoms with Crippen LogP contribution in [0.2, 0.25) is 0 Å². The van der Waals surface area contributed by atoms with Crippen LogP contribution < -0.4 is 5.32 Å². The molecule has 0 saturated carbocycles. The summed E-state index contributed by atoms with van der Waals surface area (Å²) in [5.41, 5.74) is 0.263. The quantitative estimate of drug-likeness (QED) is 0.379. The van der Waals surface area contributed by atoms with Gasteiger partial charge in [0, 0.05) is 56.4 Å². The van der Waals surface area contributed by atoms with E-state index in [1.165, 1.54) is 38.1 Å². The Morgan fingerprint density at radius 3 is 2.60 bits per heavy atom. The predicted octanol–water partition coefficient (Wildman–Crippen LogP) is 2.65. The molecule has 25 heavy (non-hydrogen) atoms. The van der Waals surface area contributed by atoms with Crippen molar-refractivity contribution < 1.29 is 4.74 Å². The van der Waals surface area contributed by atoms with Crippen LogP contribution in [0.25, 0.3) is 0 Å². The highest BCUT2D eigenvalue weighted by molar-refractivity contribution is 14.0. The van der Waals surface area contributed by atoms with Gasteiger partial charge in [0.25, 0.3) is 0 Å². The van der Waals surface area contributed by atoms with E-state index in [4.69, 9.17) is 4.74 Å². The average Bonchev–Trinajstić information content (AvgIpc) is 3.19. The Labute approximate surface area is 174 Å². The Hall–Kier alpha value is 0.270. The molecule has 3 fully saturated rings. The van der Waals surface area contributed by atoms with E-state index in [0.717, 1.165) is 56.9 Å².